The van der Waals surface area contributed by atoms with E-state index in [1.165, 1.54) is 122 Å². The maximum atomic E-state index is 5.19. The Kier molecular flexibility index (Phi) is 13.2. The van der Waals surface area contributed by atoms with Gasteiger partial charge >= 0.3 is 0 Å². The van der Waals surface area contributed by atoms with Crippen molar-refractivity contribution in [1.29, 1.82) is 0 Å². The second kappa shape index (κ2) is 23.3. The predicted molar refractivity (Wildman–Crippen MR) is 431 cm³/mol. The van der Waals surface area contributed by atoms with Gasteiger partial charge in [0.25, 0.3) is 0 Å². The summed E-state index contributed by atoms with van der Waals surface area (Å²) in [4.78, 5) is 25.3. The maximum absolute atomic E-state index is 5.19. The molecule has 0 spiro atoms. The van der Waals surface area contributed by atoms with Gasteiger partial charge in [-0.05, 0) is 99.0 Å². The molecule has 102 heavy (non-hydrogen) atoms. The average molecular weight is 1330 g/mol. The van der Waals surface area contributed by atoms with E-state index in [2.05, 4.69) is 270 Å². The average Bonchev–Trinajstić information content (AvgIpc) is 1.54. The van der Waals surface area contributed by atoms with Crippen LogP contribution in [0.2, 0.25) is 0 Å². The van der Waals surface area contributed by atoms with Crippen LogP contribution in [0.25, 0.3) is 206 Å². The summed E-state index contributed by atoms with van der Waals surface area (Å²) < 4.78 is 10.1. The molecule has 0 atom stereocenters. The van der Waals surface area contributed by atoms with Crippen molar-refractivity contribution in [2.45, 2.75) is 0 Å². The molecule has 16 aromatic carbocycles. The molecule has 7 nitrogen and oxygen atoms in total. The Hall–Kier alpha value is -13.1. The van der Waals surface area contributed by atoms with E-state index >= 15 is 0 Å². The number of aromatic nitrogens is 7. The van der Waals surface area contributed by atoms with E-state index in [-0.39, 0.29) is 0 Å². The van der Waals surface area contributed by atoms with Crippen molar-refractivity contribution in [2.75, 3.05) is 0 Å². The van der Waals surface area contributed by atoms with Gasteiger partial charge in [-0.3, -0.25) is 0 Å². The Labute approximate surface area is 592 Å². The van der Waals surface area contributed by atoms with Crippen LogP contribution >= 0.6 is 22.7 Å². The molecule has 0 aliphatic rings. The predicted octanol–water partition coefficient (Wildman–Crippen LogP) is 25.4. The first-order valence-electron chi connectivity index (χ1n) is 34.4. The summed E-state index contributed by atoms with van der Waals surface area (Å²) in [6.45, 7) is 0. The topological polar surface area (TPSA) is 74.3 Å². The molecule has 0 aliphatic heterocycles. The van der Waals surface area contributed by atoms with E-state index in [1.54, 1.807) is 0 Å². The van der Waals surface area contributed by atoms with Crippen molar-refractivity contribution in [2.24, 2.45) is 0 Å². The Balaban J connectivity index is 0.000000133. The molecule has 0 saturated heterocycles. The normalized spacial score (nSPS) is 11.9. The van der Waals surface area contributed by atoms with E-state index in [0.29, 0.717) is 17.5 Å². The van der Waals surface area contributed by atoms with Gasteiger partial charge in [0.05, 0.1) is 33.3 Å². The second-order valence-corrected chi connectivity index (χ2v) is 28.2. The minimum atomic E-state index is 0.639. The number of hydrogen-bond acceptors (Lipinski definition) is 7. The van der Waals surface area contributed by atoms with Crippen molar-refractivity contribution < 1.29 is 0 Å². The zero-order chi connectivity index (χ0) is 66.9. The molecule has 0 unspecified atom stereocenters. The summed E-state index contributed by atoms with van der Waals surface area (Å²) in [5.74, 6) is 2.66. The Morgan fingerprint density at radius 1 is 0.206 bits per heavy atom. The molecule has 0 saturated carbocycles. The van der Waals surface area contributed by atoms with Crippen LogP contribution in [0.5, 0.6) is 0 Å². The lowest BCUT2D eigenvalue weighted by Crippen LogP contribution is -2.01. The van der Waals surface area contributed by atoms with Gasteiger partial charge < -0.3 is 9.13 Å². The first kappa shape index (κ1) is 58.0. The molecule has 9 heteroatoms. The van der Waals surface area contributed by atoms with Crippen LogP contribution in [0.4, 0.5) is 0 Å². The van der Waals surface area contributed by atoms with Crippen LogP contribution < -0.4 is 0 Å². The molecule has 474 valence electrons. The lowest BCUT2D eigenvalue weighted by molar-refractivity contribution is 1.07. The zero-order valence-corrected chi connectivity index (χ0v) is 56.3. The van der Waals surface area contributed by atoms with Crippen molar-refractivity contribution in [1.82, 2.24) is 34.1 Å². The molecular weight excluding hydrogens is 1280 g/mol. The molecule has 0 fully saturated rings. The lowest BCUT2D eigenvalue weighted by Gasteiger charge is -2.12. The number of rotatable bonds is 7. The van der Waals surface area contributed by atoms with Crippen LogP contribution in [0, 0.1) is 0 Å². The molecule has 0 amide bonds. The van der Waals surface area contributed by atoms with Crippen LogP contribution in [-0.2, 0) is 0 Å². The van der Waals surface area contributed by atoms with Crippen LogP contribution in [0.1, 0.15) is 0 Å². The largest absolute Gasteiger partial charge is 0.309 e. The van der Waals surface area contributed by atoms with Crippen molar-refractivity contribution in [3.8, 4) is 68.2 Å². The monoisotopic (exact) mass is 1330 g/mol. The van der Waals surface area contributed by atoms with Crippen molar-refractivity contribution >= 4 is 161 Å². The van der Waals surface area contributed by atoms with Gasteiger partial charge in [0, 0.05) is 117 Å². The number of hydrogen-bond donors (Lipinski definition) is 0. The SMILES string of the molecule is c1ccc(-c2nc(-c3cccc(-n4c5ccccc5c5c6c(ccc54)sc4c5ccccc5c5ccccc5c46)c3)nc3ccccc23)cc1.c1ccc(-c2nc(-c3ccccc3)nc(-c3cccc(-n4c5ccccc5c5c6c(ccc54)sc4c5ccccc5c5ccccc5c46)c3)n2)cc1. The smallest absolute Gasteiger partial charge is 0.164 e. The van der Waals surface area contributed by atoms with Gasteiger partial charge in [0.15, 0.2) is 23.3 Å². The summed E-state index contributed by atoms with van der Waals surface area (Å²) in [6.07, 6.45) is 0. The third kappa shape index (κ3) is 9.08. The summed E-state index contributed by atoms with van der Waals surface area (Å²) >= 11 is 3.81. The molecule has 0 bridgehead atoms. The second-order valence-electron chi connectivity index (χ2n) is 26.1. The third-order valence-corrected chi connectivity index (χ3v) is 22.7. The Morgan fingerprint density at radius 2 is 0.549 bits per heavy atom. The Bertz CT molecular complexity index is 7140. The van der Waals surface area contributed by atoms with E-state index in [4.69, 9.17) is 24.9 Å². The molecule has 0 radical (unpaired) electrons. The van der Waals surface area contributed by atoms with Crippen LogP contribution in [-0.4, -0.2) is 34.1 Å². The van der Waals surface area contributed by atoms with Crippen molar-refractivity contribution in [3.05, 3.63) is 334 Å². The minimum absolute atomic E-state index is 0.639. The van der Waals surface area contributed by atoms with E-state index in [0.717, 1.165) is 67.1 Å². The Morgan fingerprint density at radius 3 is 1.01 bits per heavy atom. The summed E-state index contributed by atoms with van der Waals surface area (Å²) in [7, 11) is 0. The molecule has 0 aliphatic carbocycles. The fraction of sp³-hybridized carbons (Fsp3) is 0. The van der Waals surface area contributed by atoms with Gasteiger partial charge in [-0.2, -0.15) is 0 Å². The molecule has 22 aromatic rings. The van der Waals surface area contributed by atoms with E-state index in [9.17, 15) is 0 Å². The molecule has 6 aromatic heterocycles. The highest BCUT2D eigenvalue weighted by atomic mass is 32.1. The zero-order valence-electron chi connectivity index (χ0n) is 54.7. The number of thiophene rings is 2. The van der Waals surface area contributed by atoms with Crippen molar-refractivity contribution in [3.63, 3.8) is 0 Å². The molecule has 0 N–H and O–H groups in total. The summed E-state index contributed by atoms with van der Waals surface area (Å²) in [5.41, 5.74) is 13.6. The quantitative estimate of drug-likeness (QED) is 0.149. The van der Waals surface area contributed by atoms with Gasteiger partial charge in [-0.1, -0.05) is 267 Å². The maximum Gasteiger partial charge on any atom is 0.164 e. The van der Waals surface area contributed by atoms with E-state index in [1.807, 2.05) is 95.5 Å². The van der Waals surface area contributed by atoms with Gasteiger partial charge in [0.2, 0.25) is 0 Å². The number of benzene rings is 16. The van der Waals surface area contributed by atoms with Crippen LogP contribution in [0.15, 0.2) is 334 Å². The number of para-hydroxylation sites is 3. The highest BCUT2D eigenvalue weighted by Crippen LogP contribution is 2.51. The minimum Gasteiger partial charge on any atom is -0.309 e. The molecule has 22 rings (SSSR count). The number of fused-ring (bicyclic) bond motifs is 25. The summed E-state index contributed by atoms with van der Waals surface area (Å²) in [6, 6.07) is 119. The fourth-order valence-electron chi connectivity index (χ4n) is 16.0. The highest BCUT2D eigenvalue weighted by molar-refractivity contribution is 7.27. The fourth-order valence-corrected chi connectivity index (χ4v) is 18.5. The van der Waals surface area contributed by atoms with E-state index < -0.39 is 0 Å². The molecule has 6 heterocycles. The van der Waals surface area contributed by atoms with Gasteiger partial charge in [-0.15, -0.1) is 22.7 Å². The standard InChI is InChI=1S/C47H28N4S.C46H27N3S/c1-3-14-29(15-4-1)45-48-46(30-16-5-2-6-17-30)50-47(49-45)31-18-13-19-32(28-31)51-38-25-12-11-24-37(38)41-39(51)26-27-40-43(41)42-35-22-9-7-20-33(35)34-21-8-10-23-36(34)44(42)52-40;1-2-13-28(14-3-1)44-35-21-8-10-23-37(35)47-46(48-44)29-15-12-16-30(27-29)49-38-24-11-9-22-36(38)41-39(49)25-26-40-43(41)42-33-19-6-4-17-31(33)32-18-5-7-20-34(32)45(42)50-40/h1-28H;1-27H. The third-order valence-electron chi connectivity index (χ3n) is 20.4. The first-order valence-corrected chi connectivity index (χ1v) is 36.0. The van der Waals surface area contributed by atoms with Crippen LogP contribution in [0.3, 0.4) is 0 Å². The molecular formula is C93H55N7S2. The first-order chi connectivity index (χ1) is 50.6. The summed E-state index contributed by atoms with van der Waals surface area (Å²) in [5, 5.41) is 21.9. The lowest BCUT2D eigenvalue weighted by atomic mass is 9.96. The van der Waals surface area contributed by atoms with Gasteiger partial charge in [0.1, 0.15) is 0 Å². The number of nitrogens with zero attached hydrogens (tertiary/aromatic N) is 7. The highest BCUT2D eigenvalue weighted by Gasteiger charge is 2.25. The van der Waals surface area contributed by atoms with Gasteiger partial charge in [-0.25, -0.2) is 24.9 Å².